The number of nitrogens with zero attached hydrogens (tertiary/aromatic N) is 4. The van der Waals surface area contributed by atoms with Gasteiger partial charge >= 0.3 is 6.18 Å². The summed E-state index contributed by atoms with van der Waals surface area (Å²) in [4.78, 5) is 12.0. The third kappa shape index (κ3) is 8.95. The molecule has 246 valence electrons. The van der Waals surface area contributed by atoms with Crippen molar-refractivity contribution >= 4 is 23.4 Å². The van der Waals surface area contributed by atoms with Crippen molar-refractivity contribution in [1.29, 1.82) is 0 Å². The number of aromatic nitrogens is 2. The Balaban J connectivity index is 1.80. The third-order valence-electron chi connectivity index (χ3n) is 8.03. The smallest absolute Gasteiger partial charge is 0.416 e. The van der Waals surface area contributed by atoms with Crippen LogP contribution in [0.5, 0.6) is 5.75 Å². The standard InChI is InChI=1S/C32H37F7N4OS/c1-4-42(18-21-7-5-6-8-21)29-24(14-26(33)15-28(29)34)19-43(31-40-16-27(17-41-31)44-9-10-45-3)20(2)22-11-23(30(35)36)13-25(12-22)32(37,38)39/h11-17,20-21,30H,4-10,18-19H2,1-3H3. The van der Waals surface area contributed by atoms with Crippen LogP contribution in [0, 0.1) is 17.6 Å². The van der Waals surface area contributed by atoms with Crippen molar-refractivity contribution in [1.82, 2.24) is 9.97 Å². The highest BCUT2D eigenvalue weighted by Crippen LogP contribution is 2.38. The lowest BCUT2D eigenvalue weighted by Crippen LogP contribution is -2.33. The largest absolute Gasteiger partial charge is 0.489 e. The zero-order chi connectivity index (χ0) is 32.7. The molecule has 1 atom stereocenters. The monoisotopic (exact) mass is 658 g/mol. The number of hydrogen-bond donors (Lipinski definition) is 0. The van der Waals surface area contributed by atoms with Crippen molar-refractivity contribution in [3.8, 4) is 5.75 Å². The Bertz CT molecular complexity index is 1400. The highest BCUT2D eigenvalue weighted by Gasteiger charge is 2.34. The van der Waals surface area contributed by atoms with Crippen molar-refractivity contribution in [3.63, 3.8) is 0 Å². The van der Waals surface area contributed by atoms with Crippen LogP contribution in [0.1, 0.15) is 74.3 Å². The minimum atomic E-state index is -4.88. The summed E-state index contributed by atoms with van der Waals surface area (Å²) in [5, 5.41) is 0. The van der Waals surface area contributed by atoms with Gasteiger partial charge in [0.15, 0.2) is 5.75 Å². The van der Waals surface area contributed by atoms with Gasteiger partial charge < -0.3 is 14.5 Å². The van der Waals surface area contributed by atoms with Gasteiger partial charge in [-0.2, -0.15) is 24.9 Å². The summed E-state index contributed by atoms with van der Waals surface area (Å²) in [6.07, 6.45) is 0.839. The maximum Gasteiger partial charge on any atom is 0.416 e. The van der Waals surface area contributed by atoms with Crippen molar-refractivity contribution < 1.29 is 35.5 Å². The normalized spacial score (nSPS) is 14.6. The lowest BCUT2D eigenvalue weighted by atomic mass is 9.99. The van der Waals surface area contributed by atoms with Crippen LogP contribution in [0.3, 0.4) is 0 Å². The molecule has 0 N–H and O–H groups in total. The Hall–Kier alpha value is -3.22. The van der Waals surface area contributed by atoms with Crippen molar-refractivity contribution in [2.75, 3.05) is 41.5 Å². The molecule has 4 rings (SSSR count). The molecule has 0 spiro atoms. The molecule has 0 amide bonds. The molecule has 1 aliphatic carbocycles. The summed E-state index contributed by atoms with van der Waals surface area (Å²) >= 11 is 1.58. The fraction of sp³-hybridized carbons (Fsp3) is 0.500. The van der Waals surface area contributed by atoms with Crippen LogP contribution in [-0.4, -0.2) is 41.7 Å². The van der Waals surface area contributed by atoms with Crippen LogP contribution in [0.25, 0.3) is 0 Å². The summed E-state index contributed by atoms with van der Waals surface area (Å²) in [7, 11) is 0. The van der Waals surface area contributed by atoms with Gasteiger partial charge in [0.2, 0.25) is 5.95 Å². The van der Waals surface area contributed by atoms with Gasteiger partial charge in [0, 0.05) is 42.6 Å². The molecule has 1 unspecified atom stereocenters. The van der Waals surface area contributed by atoms with Crippen LogP contribution < -0.4 is 14.5 Å². The first kappa shape index (κ1) is 34.6. The summed E-state index contributed by atoms with van der Waals surface area (Å²) in [5.41, 5.74) is -1.70. The van der Waals surface area contributed by atoms with E-state index in [0.717, 1.165) is 49.6 Å². The van der Waals surface area contributed by atoms with Crippen LogP contribution in [0.2, 0.25) is 0 Å². The number of halogens is 7. The van der Waals surface area contributed by atoms with E-state index in [9.17, 15) is 26.3 Å². The number of hydrogen-bond acceptors (Lipinski definition) is 6. The molecule has 13 heteroatoms. The summed E-state index contributed by atoms with van der Waals surface area (Å²) in [6, 6.07) is 3.20. The SMILES string of the molecule is CCN(CC1CCCC1)c1c(F)cc(F)cc1CN(c1ncc(OCCSC)cn1)C(C)c1cc(C(F)F)cc(C(F)(F)F)c1. The van der Waals surface area contributed by atoms with Crippen molar-refractivity contribution in [2.24, 2.45) is 5.92 Å². The third-order valence-corrected chi connectivity index (χ3v) is 8.61. The number of ether oxygens (including phenoxy) is 1. The highest BCUT2D eigenvalue weighted by molar-refractivity contribution is 7.98. The van der Waals surface area contributed by atoms with Gasteiger partial charge in [-0.1, -0.05) is 12.8 Å². The van der Waals surface area contributed by atoms with Gasteiger partial charge in [-0.3, -0.25) is 0 Å². The average molecular weight is 659 g/mol. The highest BCUT2D eigenvalue weighted by atomic mass is 32.2. The fourth-order valence-electron chi connectivity index (χ4n) is 5.70. The second-order valence-corrected chi connectivity index (χ2v) is 12.1. The number of benzene rings is 2. The Labute approximate surface area is 263 Å². The zero-order valence-electron chi connectivity index (χ0n) is 25.4. The van der Waals surface area contributed by atoms with Gasteiger partial charge in [-0.05, 0) is 68.7 Å². The van der Waals surface area contributed by atoms with Crippen LogP contribution >= 0.6 is 11.8 Å². The Morgan fingerprint density at radius 2 is 1.67 bits per heavy atom. The molecule has 1 aromatic heterocycles. The second kappa shape index (κ2) is 15.4. The van der Waals surface area contributed by atoms with E-state index in [4.69, 9.17) is 4.74 Å². The van der Waals surface area contributed by atoms with Gasteiger partial charge in [0.05, 0.1) is 36.3 Å². The van der Waals surface area contributed by atoms with E-state index in [-0.39, 0.29) is 29.3 Å². The van der Waals surface area contributed by atoms with Crippen molar-refractivity contribution in [3.05, 3.63) is 76.6 Å². The molecular formula is C32H37F7N4OS. The first-order valence-corrected chi connectivity index (χ1v) is 16.2. The molecule has 0 bridgehead atoms. The van der Waals surface area contributed by atoms with E-state index < -0.39 is 41.4 Å². The number of rotatable bonds is 14. The number of thioether (sulfide) groups is 1. The molecule has 45 heavy (non-hydrogen) atoms. The van der Waals surface area contributed by atoms with E-state index in [2.05, 4.69) is 9.97 Å². The fourth-order valence-corrected chi connectivity index (χ4v) is 5.95. The number of anilines is 2. The predicted molar refractivity (Wildman–Crippen MR) is 163 cm³/mol. The van der Waals surface area contributed by atoms with Gasteiger partial charge in [-0.25, -0.2) is 27.5 Å². The summed E-state index contributed by atoms with van der Waals surface area (Å²) < 4.78 is 105. The van der Waals surface area contributed by atoms with Crippen LogP contribution in [-0.2, 0) is 12.7 Å². The number of alkyl halides is 5. The summed E-state index contributed by atoms with van der Waals surface area (Å²) in [5.74, 6) is -0.161. The first-order chi connectivity index (χ1) is 21.4. The lowest BCUT2D eigenvalue weighted by Gasteiger charge is -2.34. The molecule has 1 aliphatic rings. The topological polar surface area (TPSA) is 41.5 Å². The molecule has 3 aromatic rings. The second-order valence-electron chi connectivity index (χ2n) is 11.1. The molecule has 1 fully saturated rings. The molecule has 0 aliphatic heterocycles. The average Bonchev–Trinajstić information content (AvgIpc) is 3.51. The Kier molecular flexibility index (Phi) is 11.8. The zero-order valence-corrected chi connectivity index (χ0v) is 26.2. The lowest BCUT2D eigenvalue weighted by molar-refractivity contribution is -0.137. The minimum absolute atomic E-state index is 0.0187. The quantitative estimate of drug-likeness (QED) is 0.127. The van der Waals surface area contributed by atoms with E-state index in [1.165, 1.54) is 30.3 Å². The van der Waals surface area contributed by atoms with E-state index in [1.807, 2.05) is 18.1 Å². The molecule has 1 saturated carbocycles. The van der Waals surface area contributed by atoms with Gasteiger partial charge in [0.1, 0.15) is 11.6 Å². The van der Waals surface area contributed by atoms with Gasteiger partial charge in [-0.15, -0.1) is 0 Å². The summed E-state index contributed by atoms with van der Waals surface area (Å²) in [6.45, 7) is 4.55. The molecule has 5 nitrogen and oxygen atoms in total. The minimum Gasteiger partial charge on any atom is -0.489 e. The van der Waals surface area contributed by atoms with E-state index >= 15 is 4.39 Å². The Morgan fingerprint density at radius 3 is 2.27 bits per heavy atom. The van der Waals surface area contributed by atoms with Crippen LogP contribution in [0.4, 0.5) is 42.4 Å². The molecule has 2 aromatic carbocycles. The van der Waals surface area contributed by atoms with Gasteiger partial charge in [0.25, 0.3) is 6.43 Å². The predicted octanol–water partition coefficient (Wildman–Crippen LogP) is 9.24. The molecule has 1 heterocycles. The van der Waals surface area contributed by atoms with Crippen molar-refractivity contribution in [2.45, 2.75) is 64.7 Å². The first-order valence-electron chi connectivity index (χ1n) is 14.8. The maximum atomic E-state index is 15.6. The van der Waals surface area contributed by atoms with Crippen LogP contribution in [0.15, 0.2) is 42.7 Å². The molecular weight excluding hydrogens is 621 g/mol. The Morgan fingerprint density at radius 1 is 1.00 bits per heavy atom. The molecule has 0 saturated heterocycles. The molecule has 0 radical (unpaired) electrons. The van der Waals surface area contributed by atoms with E-state index in [0.29, 0.717) is 37.4 Å². The maximum absolute atomic E-state index is 15.6. The van der Waals surface area contributed by atoms with E-state index in [1.54, 1.807) is 11.8 Å².